The van der Waals surface area contributed by atoms with Crippen molar-refractivity contribution in [2.75, 3.05) is 0 Å². The predicted molar refractivity (Wildman–Crippen MR) is 131 cm³/mol. The molecule has 8 atom stereocenters. The Labute approximate surface area is 198 Å². The molecule has 4 fully saturated rings. The van der Waals surface area contributed by atoms with E-state index >= 15 is 0 Å². The Morgan fingerprint density at radius 1 is 1.00 bits per heavy atom. The first-order chi connectivity index (χ1) is 15.7. The number of nitrogens with one attached hydrogen (secondary N) is 1. The molecule has 6 rings (SSSR count). The van der Waals surface area contributed by atoms with Crippen LogP contribution in [0.15, 0.2) is 24.3 Å². The van der Waals surface area contributed by atoms with Gasteiger partial charge in [-0.15, -0.1) is 0 Å². The molecule has 1 aromatic heterocycles. The first-order valence-electron chi connectivity index (χ1n) is 13.4. The molecule has 178 valence electrons. The number of nitrogens with zero attached hydrogens (tertiary/aromatic N) is 1. The molecule has 4 saturated carbocycles. The molecular formula is C29H40N2O2. The Kier molecular flexibility index (Phi) is 4.90. The van der Waals surface area contributed by atoms with E-state index in [9.17, 15) is 9.90 Å². The summed E-state index contributed by atoms with van der Waals surface area (Å²) in [5, 5.41) is 10.7. The lowest BCUT2D eigenvalue weighted by Gasteiger charge is -2.61. The Hall–Kier alpha value is -1.68. The van der Waals surface area contributed by atoms with Crippen molar-refractivity contribution in [1.29, 1.82) is 0 Å². The fourth-order valence-corrected chi connectivity index (χ4v) is 9.34. The van der Waals surface area contributed by atoms with Crippen LogP contribution in [0.1, 0.15) is 84.4 Å². The number of ketones is 1. The van der Waals surface area contributed by atoms with Gasteiger partial charge in [-0.25, -0.2) is 4.98 Å². The summed E-state index contributed by atoms with van der Waals surface area (Å²) in [5.74, 6) is 4.27. The summed E-state index contributed by atoms with van der Waals surface area (Å²) in [6, 6.07) is 8.05. The van der Waals surface area contributed by atoms with Crippen molar-refractivity contribution in [3.05, 3.63) is 30.1 Å². The maximum Gasteiger partial charge on any atom is 0.144 e. The van der Waals surface area contributed by atoms with Gasteiger partial charge in [-0.1, -0.05) is 26.0 Å². The Morgan fingerprint density at radius 3 is 2.61 bits per heavy atom. The molecule has 1 heterocycles. The number of Topliss-reactive ketones (excluding diaryl/α,β-unsaturated/α-hetero) is 1. The Bertz CT molecular complexity index is 1040. The molecule has 0 amide bonds. The van der Waals surface area contributed by atoms with E-state index in [1.807, 2.05) is 31.2 Å². The van der Waals surface area contributed by atoms with E-state index in [-0.39, 0.29) is 11.3 Å². The first kappa shape index (κ1) is 21.8. The minimum Gasteiger partial charge on any atom is -0.390 e. The van der Waals surface area contributed by atoms with E-state index in [2.05, 4.69) is 23.8 Å². The van der Waals surface area contributed by atoms with Crippen molar-refractivity contribution < 1.29 is 9.90 Å². The second kappa shape index (κ2) is 7.41. The zero-order valence-corrected chi connectivity index (χ0v) is 20.6. The smallest absolute Gasteiger partial charge is 0.144 e. The first-order valence-corrected chi connectivity index (χ1v) is 13.4. The molecule has 4 nitrogen and oxygen atoms in total. The van der Waals surface area contributed by atoms with E-state index in [1.54, 1.807) is 0 Å². The van der Waals surface area contributed by atoms with Crippen LogP contribution >= 0.6 is 0 Å². The minimum absolute atomic E-state index is 0.146. The largest absolute Gasteiger partial charge is 0.390 e. The molecule has 0 spiro atoms. The summed E-state index contributed by atoms with van der Waals surface area (Å²) in [4.78, 5) is 21.6. The molecule has 0 radical (unpaired) electrons. The molecule has 0 unspecified atom stereocenters. The van der Waals surface area contributed by atoms with Crippen LogP contribution < -0.4 is 0 Å². The summed E-state index contributed by atoms with van der Waals surface area (Å²) >= 11 is 0. The fourth-order valence-electron chi connectivity index (χ4n) is 9.34. The maximum atomic E-state index is 13.6. The van der Waals surface area contributed by atoms with E-state index in [0.29, 0.717) is 29.5 Å². The molecule has 1 aromatic carbocycles. The average molecular weight is 449 g/mol. The van der Waals surface area contributed by atoms with Crippen molar-refractivity contribution in [3.8, 4) is 0 Å². The molecule has 0 bridgehead atoms. The van der Waals surface area contributed by atoms with Crippen molar-refractivity contribution in [2.45, 2.75) is 90.6 Å². The second-order valence-electron chi connectivity index (χ2n) is 12.9. The third-order valence-corrected chi connectivity index (χ3v) is 11.1. The number of aliphatic hydroxyl groups is 1. The molecule has 2 aromatic rings. The summed E-state index contributed by atoms with van der Waals surface area (Å²) < 4.78 is 0. The lowest BCUT2D eigenvalue weighted by Crippen LogP contribution is -2.55. The van der Waals surface area contributed by atoms with Gasteiger partial charge in [0.15, 0.2) is 0 Å². The highest BCUT2D eigenvalue weighted by atomic mass is 16.3. The van der Waals surface area contributed by atoms with E-state index < -0.39 is 5.60 Å². The van der Waals surface area contributed by atoms with Gasteiger partial charge in [0, 0.05) is 5.92 Å². The normalized spacial score (nSPS) is 44.8. The zero-order chi connectivity index (χ0) is 23.0. The van der Waals surface area contributed by atoms with Crippen LogP contribution in [0.25, 0.3) is 11.0 Å². The zero-order valence-electron chi connectivity index (χ0n) is 20.6. The maximum absolute atomic E-state index is 13.6. The summed E-state index contributed by atoms with van der Waals surface area (Å²) in [7, 11) is 0. The van der Waals surface area contributed by atoms with E-state index in [1.165, 1.54) is 38.5 Å². The standard InChI is InChI=1S/C29H40N2O2/c1-27(33)14-15-28(2)18(17-27)8-9-19-20-10-11-22(29(20,3)13-12-21(19)28)25(32)16-26-30-23-6-4-5-7-24(23)31-26/h4-7,18-22,33H,8-17H2,1-3H3,(H,30,31)/t18-,19-,20+,21-,22+,27+,28-,29-/m0/s1. The number of hydrogen-bond acceptors (Lipinski definition) is 3. The van der Waals surface area contributed by atoms with Gasteiger partial charge in [0.1, 0.15) is 11.6 Å². The average Bonchev–Trinajstić information content (AvgIpc) is 3.34. The third kappa shape index (κ3) is 3.34. The number of hydrogen-bond donors (Lipinski definition) is 2. The van der Waals surface area contributed by atoms with Gasteiger partial charge >= 0.3 is 0 Å². The number of carbonyl (C=O) groups is 1. The van der Waals surface area contributed by atoms with Crippen LogP contribution in [-0.2, 0) is 11.2 Å². The fraction of sp³-hybridized carbons (Fsp3) is 0.724. The van der Waals surface area contributed by atoms with Gasteiger partial charge in [-0.05, 0) is 111 Å². The van der Waals surface area contributed by atoms with E-state index in [4.69, 9.17) is 0 Å². The number of para-hydroxylation sites is 2. The number of carbonyl (C=O) groups excluding carboxylic acids is 1. The van der Waals surface area contributed by atoms with Gasteiger partial charge in [-0.3, -0.25) is 4.79 Å². The van der Waals surface area contributed by atoms with Crippen LogP contribution in [0.4, 0.5) is 0 Å². The molecule has 0 aliphatic heterocycles. The van der Waals surface area contributed by atoms with Crippen LogP contribution in [0.2, 0.25) is 0 Å². The molecule has 4 heteroatoms. The lowest BCUT2D eigenvalue weighted by molar-refractivity contribution is -0.150. The molecule has 0 saturated heterocycles. The molecule has 4 aliphatic rings. The number of benzene rings is 1. The molecule has 4 aliphatic carbocycles. The minimum atomic E-state index is -0.471. The second-order valence-corrected chi connectivity index (χ2v) is 12.9. The van der Waals surface area contributed by atoms with Crippen LogP contribution in [0.5, 0.6) is 0 Å². The number of imidazole rings is 1. The monoisotopic (exact) mass is 448 g/mol. The van der Waals surface area contributed by atoms with Gasteiger partial charge in [0.25, 0.3) is 0 Å². The predicted octanol–water partition coefficient (Wildman–Crippen LogP) is 6.08. The van der Waals surface area contributed by atoms with Gasteiger partial charge in [0.2, 0.25) is 0 Å². The third-order valence-electron chi connectivity index (χ3n) is 11.1. The Morgan fingerprint density at radius 2 is 1.79 bits per heavy atom. The highest BCUT2D eigenvalue weighted by Crippen LogP contribution is 2.68. The number of H-pyrrole nitrogens is 1. The number of aromatic amines is 1. The van der Waals surface area contributed by atoms with Crippen LogP contribution in [0, 0.1) is 40.4 Å². The van der Waals surface area contributed by atoms with Gasteiger partial charge < -0.3 is 10.1 Å². The van der Waals surface area contributed by atoms with Crippen LogP contribution in [-0.4, -0.2) is 26.5 Å². The number of fused-ring (bicyclic) bond motifs is 6. The topological polar surface area (TPSA) is 66.0 Å². The SMILES string of the molecule is C[C@@]1(O)CC[C@@]2(C)[C@@H](CC[C@H]3[C@H]4CC[C@H](C(=O)Cc5nc6ccccc6[nH]5)[C@@]4(C)CC[C@@H]32)C1. The van der Waals surface area contributed by atoms with Crippen molar-refractivity contribution in [2.24, 2.45) is 40.4 Å². The van der Waals surface area contributed by atoms with Gasteiger partial charge in [0.05, 0.1) is 23.1 Å². The Balaban J connectivity index is 1.21. The number of aromatic nitrogens is 2. The highest BCUT2D eigenvalue weighted by molar-refractivity contribution is 5.85. The quantitative estimate of drug-likeness (QED) is 0.597. The number of rotatable bonds is 3. The summed E-state index contributed by atoms with van der Waals surface area (Å²) in [6.45, 7) is 7.04. The van der Waals surface area contributed by atoms with Crippen molar-refractivity contribution in [1.82, 2.24) is 9.97 Å². The summed E-state index contributed by atoms with van der Waals surface area (Å²) in [6.07, 6.45) is 10.8. The molecular weight excluding hydrogens is 408 g/mol. The molecule has 2 N–H and O–H groups in total. The van der Waals surface area contributed by atoms with Gasteiger partial charge in [-0.2, -0.15) is 0 Å². The van der Waals surface area contributed by atoms with Crippen LogP contribution in [0.3, 0.4) is 0 Å². The van der Waals surface area contributed by atoms with Crippen molar-refractivity contribution in [3.63, 3.8) is 0 Å². The summed E-state index contributed by atoms with van der Waals surface area (Å²) in [5.41, 5.74) is 2.03. The molecule has 33 heavy (non-hydrogen) atoms. The van der Waals surface area contributed by atoms with E-state index in [0.717, 1.165) is 48.0 Å². The van der Waals surface area contributed by atoms with Crippen molar-refractivity contribution >= 4 is 16.8 Å². The highest BCUT2D eigenvalue weighted by Gasteiger charge is 2.61. The lowest BCUT2D eigenvalue weighted by atomic mass is 9.44.